The van der Waals surface area contributed by atoms with Gasteiger partial charge in [-0.25, -0.2) is 0 Å². The molecule has 1 saturated carbocycles. The standard InChI is InChI=1S/C17H26N2OS/c1-13-5-4-6-14(9-13)11-21-12-17(20)19-16-8-3-2-7-15(16)10-18/h4-6,9,15-16H,2-3,7-8,10-12,18H2,1H3,(H,19,20). The lowest BCUT2D eigenvalue weighted by Crippen LogP contribution is -2.45. The van der Waals surface area contributed by atoms with Gasteiger partial charge >= 0.3 is 0 Å². The number of amides is 1. The Hall–Kier alpha value is -1.00. The molecule has 0 saturated heterocycles. The van der Waals surface area contributed by atoms with E-state index >= 15 is 0 Å². The predicted molar refractivity (Wildman–Crippen MR) is 90.3 cm³/mol. The van der Waals surface area contributed by atoms with Gasteiger partial charge in [-0.3, -0.25) is 4.79 Å². The van der Waals surface area contributed by atoms with Crippen LogP contribution in [0.5, 0.6) is 0 Å². The fraction of sp³-hybridized carbons (Fsp3) is 0.588. The zero-order chi connectivity index (χ0) is 15.1. The smallest absolute Gasteiger partial charge is 0.230 e. The van der Waals surface area contributed by atoms with Gasteiger partial charge in [-0.15, -0.1) is 11.8 Å². The normalized spacial score (nSPS) is 22.0. The number of thioether (sulfide) groups is 1. The first-order valence-corrected chi connectivity index (χ1v) is 8.97. The summed E-state index contributed by atoms with van der Waals surface area (Å²) in [5.41, 5.74) is 8.35. The number of hydrogen-bond acceptors (Lipinski definition) is 3. The molecule has 1 aliphatic rings. The van der Waals surface area contributed by atoms with E-state index < -0.39 is 0 Å². The Morgan fingerprint density at radius 2 is 2.19 bits per heavy atom. The lowest BCUT2D eigenvalue weighted by atomic mass is 9.84. The van der Waals surface area contributed by atoms with Crippen molar-refractivity contribution in [1.29, 1.82) is 0 Å². The molecule has 2 unspecified atom stereocenters. The summed E-state index contributed by atoms with van der Waals surface area (Å²) in [5.74, 6) is 2.03. The van der Waals surface area contributed by atoms with Crippen molar-refractivity contribution in [2.75, 3.05) is 12.3 Å². The summed E-state index contributed by atoms with van der Waals surface area (Å²) >= 11 is 1.68. The van der Waals surface area contributed by atoms with Crippen molar-refractivity contribution >= 4 is 17.7 Å². The van der Waals surface area contributed by atoms with Crippen molar-refractivity contribution in [2.24, 2.45) is 11.7 Å². The van der Waals surface area contributed by atoms with Gasteiger partial charge in [0.05, 0.1) is 5.75 Å². The predicted octanol–water partition coefficient (Wildman–Crippen LogP) is 2.86. The molecule has 0 aromatic heterocycles. The van der Waals surface area contributed by atoms with Crippen LogP contribution in [0.4, 0.5) is 0 Å². The van der Waals surface area contributed by atoms with Crippen molar-refractivity contribution in [1.82, 2.24) is 5.32 Å². The van der Waals surface area contributed by atoms with Gasteiger partial charge < -0.3 is 11.1 Å². The zero-order valence-corrected chi connectivity index (χ0v) is 13.6. The number of nitrogens with two attached hydrogens (primary N) is 1. The zero-order valence-electron chi connectivity index (χ0n) is 12.8. The molecule has 1 amide bonds. The molecule has 1 aromatic carbocycles. The van der Waals surface area contributed by atoms with Gasteiger partial charge in [0, 0.05) is 11.8 Å². The van der Waals surface area contributed by atoms with Crippen LogP contribution in [0.2, 0.25) is 0 Å². The molecule has 4 heteroatoms. The number of carbonyl (C=O) groups is 1. The largest absolute Gasteiger partial charge is 0.352 e. The third-order valence-corrected chi connectivity index (χ3v) is 5.15. The molecule has 0 aliphatic heterocycles. The summed E-state index contributed by atoms with van der Waals surface area (Å²) in [6.07, 6.45) is 4.68. The van der Waals surface area contributed by atoms with E-state index in [2.05, 4.69) is 36.5 Å². The van der Waals surface area contributed by atoms with Gasteiger partial charge in [0.2, 0.25) is 5.91 Å². The summed E-state index contributed by atoms with van der Waals surface area (Å²) in [6, 6.07) is 8.74. The van der Waals surface area contributed by atoms with E-state index in [1.807, 2.05) is 0 Å². The SMILES string of the molecule is Cc1cccc(CSCC(=O)NC2CCCCC2CN)c1. The van der Waals surface area contributed by atoms with Gasteiger partial charge in [0.25, 0.3) is 0 Å². The van der Waals surface area contributed by atoms with Crippen LogP contribution in [0.3, 0.4) is 0 Å². The Labute approximate surface area is 132 Å². The van der Waals surface area contributed by atoms with Gasteiger partial charge in [-0.1, -0.05) is 42.7 Å². The van der Waals surface area contributed by atoms with Crippen LogP contribution in [0.25, 0.3) is 0 Å². The maximum Gasteiger partial charge on any atom is 0.230 e. The molecular formula is C17H26N2OS. The topological polar surface area (TPSA) is 55.1 Å². The van der Waals surface area contributed by atoms with Crippen LogP contribution in [-0.4, -0.2) is 24.2 Å². The first-order valence-electron chi connectivity index (χ1n) is 7.81. The van der Waals surface area contributed by atoms with E-state index in [1.54, 1.807) is 11.8 Å². The Kier molecular flexibility index (Phi) is 6.58. The van der Waals surface area contributed by atoms with E-state index in [-0.39, 0.29) is 11.9 Å². The second-order valence-electron chi connectivity index (χ2n) is 5.94. The molecular weight excluding hydrogens is 280 g/mol. The minimum absolute atomic E-state index is 0.151. The number of nitrogens with one attached hydrogen (secondary N) is 1. The van der Waals surface area contributed by atoms with Crippen molar-refractivity contribution in [2.45, 2.75) is 44.4 Å². The van der Waals surface area contributed by atoms with Crippen LogP contribution < -0.4 is 11.1 Å². The first-order chi connectivity index (χ1) is 10.2. The third kappa shape index (κ3) is 5.36. The molecule has 116 valence electrons. The Bertz CT molecular complexity index is 464. The maximum atomic E-state index is 12.1. The maximum absolute atomic E-state index is 12.1. The molecule has 0 bridgehead atoms. The van der Waals surface area contributed by atoms with Crippen molar-refractivity contribution < 1.29 is 4.79 Å². The Morgan fingerprint density at radius 1 is 1.38 bits per heavy atom. The monoisotopic (exact) mass is 306 g/mol. The van der Waals surface area contributed by atoms with E-state index in [1.165, 1.54) is 24.0 Å². The van der Waals surface area contributed by atoms with Crippen molar-refractivity contribution in [3.63, 3.8) is 0 Å². The molecule has 1 aliphatic carbocycles. The van der Waals surface area contributed by atoms with Crippen LogP contribution >= 0.6 is 11.8 Å². The summed E-state index contributed by atoms with van der Waals surface area (Å²) in [6.45, 7) is 2.78. The molecule has 1 fully saturated rings. The van der Waals surface area contributed by atoms with Gasteiger partial charge in [0.1, 0.15) is 0 Å². The van der Waals surface area contributed by atoms with Gasteiger partial charge in [0.15, 0.2) is 0 Å². The molecule has 2 atom stereocenters. The molecule has 0 spiro atoms. The summed E-state index contributed by atoms with van der Waals surface area (Å²) in [4.78, 5) is 12.1. The highest BCUT2D eigenvalue weighted by molar-refractivity contribution is 7.99. The number of aryl methyl sites for hydroxylation is 1. The quantitative estimate of drug-likeness (QED) is 0.849. The van der Waals surface area contributed by atoms with E-state index in [4.69, 9.17) is 5.73 Å². The second kappa shape index (κ2) is 8.44. The third-order valence-electron chi connectivity index (χ3n) is 4.14. The minimum Gasteiger partial charge on any atom is -0.352 e. The average Bonchev–Trinajstić information content (AvgIpc) is 2.48. The lowest BCUT2D eigenvalue weighted by Gasteiger charge is -2.31. The molecule has 2 rings (SSSR count). The number of hydrogen-bond donors (Lipinski definition) is 2. The van der Waals surface area contributed by atoms with Gasteiger partial charge in [-0.05, 0) is 37.8 Å². The molecule has 0 heterocycles. The molecule has 3 nitrogen and oxygen atoms in total. The highest BCUT2D eigenvalue weighted by Gasteiger charge is 2.24. The van der Waals surface area contributed by atoms with Crippen molar-refractivity contribution in [3.05, 3.63) is 35.4 Å². The van der Waals surface area contributed by atoms with Crippen molar-refractivity contribution in [3.8, 4) is 0 Å². The first kappa shape index (κ1) is 16.4. The Morgan fingerprint density at radius 3 is 2.95 bits per heavy atom. The van der Waals surface area contributed by atoms with Crippen LogP contribution in [-0.2, 0) is 10.5 Å². The van der Waals surface area contributed by atoms with E-state index in [0.717, 1.165) is 18.6 Å². The van der Waals surface area contributed by atoms with E-state index in [0.29, 0.717) is 18.2 Å². The van der Waals surface area contributed by atoms with Crippen LogP contribution in [0.1, 0.15) is 36.8 Å². The lowest BCUT2D eigenvalue weighted by molar-refractivity contribution is -0.119. The molecule has 3 N–H and O–H groups in total. The van der Waals surface area contributed by atoms with Crippen LogP contribution in [0.15, 0.2) is 24.3 Å². The number of rotatable bonds is 6. The number of benzene rings is 1. The van der Waals surface area contributed by atoms with E-state index in [9.17, 15) is 4.79 Å². The highest BCUT2D eigenvalue weighted by atomic mass is 32.2. The Balaban J connectivity index is 1.72. The summed E-state index contributed by atoms with van der Waals surface area (Å²) in [5, 5.41) is 3.18. The molecule has 21 heavy (non-hydrogen) atoms. The van der Waals surface area contributed by atoms with Gasteiger partial charge in [-0.2, -0.15) is 0 Å². The molecule has 0 radical (unpaired) electrons. The minimum atomic E-state index is 0.151. The van der Waals surface area contributed by atoms with Crippen LogP contribution in [0, 0.1) is 12.8 Å². The average molecular weight is 306 g/mol. The fourth-order valence-corrected chi connectivity index (χ4v) is 3.78. The summed E-state index contributed by atoms with van der Waals surface area (Å²) in [7, 11) is 0. The fourth-order valence-electron chi connectivity index (χ4n) is 2.99. The summed E-state index contributed by atoms with van der Waals surface area (Å²) < 4.78 is 0. The number of carbonyl (C=O) groups excluding carboxylic acids is 1. The second-order valence-corrected chi connectivity index (χ2v) is 6.92. The molecule has 1 aromatic rings. The highest BCUT2D eigenvalue weighted by Crippen LogP contribution is 2.23.